The first-order valence-corrected chi connectivity index (χ1v) is 6.17. The van der Waals surface area contributed by atoms with Gasteiger partial charge in [-0.05, 0) is 23.6 Å². The first-order chi connectivity index (χ1) is 8.49. The molecule has 1 aliphatic heterocycles. The van der Waals surface area contributed by atoms with Crippen LogP contribution in [0.15, 0.2) is 24.3 Å². The molecule has 1 radical (unpaired) electrons. The predicted octanol–water partition coefficient (Wildman–Crippen LogP) is 2.43. The van der Waals surface area contributed by atoms with Crippen LogP contribution in [0.2, 0.25) is 5.02 Å². The van der Waals surface area contributed by atoms with Gasteiger partial charge >= 0.3 is 6.03 Å². The molecule has 1 saturated heterocycles. The van der Waals surface area contributed by atoms with E-state index in [1.807, 2.05) is 26.0 Å². The Hall–Kier alpha value is -1.55. The van der Waals surface area contributed by atoms with E-state index < -0.39 is 12.1 Å². The highest BCUT2D eigenvalue weighted by atomic mass is 35.5. The van der Waals surface area contributed by atoms with Crippen LogP contribution in [0.5, 0.6) is 0 Å². The Morgan fingerprint density at radius 2 is 1.89 bits per heavy atom. The summed E-state index contributed by atoms with van der Waals surface area (Å²) < 4.78 is 0. The van der Waals surface area contributed by atoms with Gasteiger partial charge in [-0.2, -0.15) is 5.32 Å². The lowest BCUT2D eigenvalue weighted by atomic mass is 10.0. The van der Waals surface area contributed by atoms with Crippen molar-refractivity contribution in [1.82, 2.24) is 10.2 Å². The lowest BCUT2D eigenvalue weighted by Crippen LogP contribution is -2.38. The smallest absolute Gasteiger partial charge is 0.306 e. The third-order valence-corrected chi connectivity index (χ3v) is 3.19. The summed E-state index contributed by atoms with van der Waals surface area (Å²) >= 11 is 5.81. The van der Waals surface area contributed by atoms with Crippen molar-refractivity contribution in [1.29, 1.82) is 0 Å². The van der Waals surface area contributed by atoms with Crippen molar-refractivity contribution >= 4 is 23.5 Å². The molecule has 1 aliphatic rings. The highest BCUT2D eigenvalue weighted by molar-refractivity contribution is 6.30. The van der Waals surface area contributed by atoms with Crippen LogP contribution in [-0.4, -0.2) is 22.9 Å². The van der Waals surface area contributed by atoms with Gasteiger partial charge in [0.15, 0.2) is 0 Å². The average Bonchev–Trinajstić information content (AvgIpc) is 2.57. The maximum atomic E-state index is 11.7. The second-order valence-electron chi connectivity index (χ2n) is 4.68. The van der Waals surface area contributed by atoms with E-state index >= 15 is 0 Å². The SMILES string of the molecule is CC(C)C1C(=O)[N]C(=O)N1Cc1ccc(Cl)cc1. The summed E-state index contributed by atoms with van der Waals surface area (Å²) in [6.07, 6.45) is 0. The number of hydrogen-bond donors (Lipinski definition) is 0. The molecule has 2 rings (SSSR count). The maximum Gasteiger partial charge on any atom is 0.347 e. The minimum Gasteiger partial charge on any atom is -0.306 e. The van der Waals surface area contributed by atoms with Crippen molar-refractivity contribution in [3.8, 4) is 0 Å². The van der Waals surface area contributed by atoms with Crippen LogP contribution < -0.4 is 5.32 Å². The van der Waals surface area contributed by atoms with E-state index in [-0.39, 0.29) is 11.8 Å². The number of amides is 3. The fraction of sp³-hybridized carbons (Fsp3) is 0.385. The van der Waals surface area contributed by atoms with Gasteiger partial charge in [-0.15, -0.1) is 0 Å². The average molecular weight is 266 g/mol. The number of nitrogens with zero attached hydrogens (tertiary/aromatic N) is 2. The van der Waals surface area contributed by atoms with Gasteiger partial charge < -0.3 is 4.90 Å². The molecule has 1 atom stereocenters. The van der Waals surface area contributed by atoms with Crippen molar-refractivity contribution in [3.63, 3.8) is 0 Å². The maximum absolute atomic E-state index is 11.7. The Kier molecular flexibility index (Phi) is 3.57. The third-order valence-electron chi connectivity index (χ3n) is 2.94. The van der Waals surface area contributed by atoms with E-state index in [2.05, 4.69) is 5.32 Å². The number of rotatable bonds is 3. The fourth-order valence-electron chi connectivity index (χ4n) is 2.07. The van der Waals surface area contributed by atoms with Gasteiger partial charge in [0.25, 0.3) is 5.91 Å². The largest absolute Gasteiger partial charge is 0.347 e. The van der Waals surface area contributed by atoms with Crippen LogP contribution in [0.25, 0.3) is 0 Å². The molecule has 1 heterocycles. The van der Waals surface area contributed by atoms with Gasteiger partial charge in [-0.25, -0.2) is 4.79 Å². The summed E-state index contributed by atoms with van der Waals surface area (Å²) in [4.78, 5) is 24.8. The number of carbonyl (C=O) groups excluding carboxylic acids is 2. The minimum atomic E-state index is -0.451. The normalized spacial score (nSPS) is 19.6. The number of benzene rings is 1. The topological polar surface area (TPSA) is 51.5 Å². The van der Waals surface area contributed by atoms with Gasteiger partial charge in [0, 0.05) is 11.6 Å². The molecule has 3 amide bonds. The summed E-state index contributed by atoms with van der Waals surface area (Å²) in [7, 11) is 0. The lowest BCUT2D eigenvalue weighted by molar-refractivity contribution is -0.122. The molecule has 1 fully saturated rings. The quantitative estimate of drug-likeness (QED) is 0.788. The molecule has 1 aromatic rings. The number of hydrogen-bond acceptors (Lipinski definition) is 2. The van der Waals surface area contributed by atoms with Gasteiger partial charge in [0.2, 0.25) is 0 Å². The van der Waals surface area contributed by atoms with Crippen molar-refractivity contribution in [2.75, 3.05) is 0 Å². The summed E-state index contributed by atoms with van der Waals surface area (Å²) in [5.74, 6) is -0.288. The van der Waals surface area contributed by atoms with Gasteiger partial charge in [0.05, 0.1) is 0 Å². The van der Waals surface area contributed by atoms with E-state index in [4.69, 9.17) is 11.6 Å². The van der Waals surface area contributed by atoms with E-state index in [9.17, 15) is 9.59 Å². The number of halogens is 1. The standard InChI is InChI=1S/C13H14ClN2O2/c1-8(2)11-12(17)15-13(18)16(11)7-9-3-5-10(14)6-4-9/h3-6,8,11H,7H2,1-2H3. The molecule has 0 spiro atoms. The Labute approximate surface area is 111 Å². The van der Waals surface area contributed by atoms with Crippen molar-refractivity contribution in [2.24, 2.45) is 5.92 Å². The first-order valence-electron chi connectivity index (χ1n) is 5.79. The van der Waals surface area contributed by atoms with Crippen LogP contribution in [-0.2, 0) is 11.3 Å². The molecule has 0 bridgehead atoms. The zero-order valence-corrected chi connectivity index (χ0v) is 11.0. The Bertz CT molecular complexity index is 470. The molecule has 1 aromatic carbocycles. The molecule has 0 aliphatic carbocycles. The zero-order chi connectivity index (χ0) is 13.3. The van der Waals surface area contributed by atoms with Crippen molar-refractivity contribution in [3.05, 3.63) is 34.9 Å². The summed E-state index contributed by atoms with van der Waals surface area (Å²) in [6, 6.07) is 6.31. The van der Waals surface area contributed by atoms with Crippen LogP contribution in [0.3, 0.4) is 0 Å². The monoisotopic (exact) mass is 265 g/mol. The second-order valence-corrected chi connectivity index (χ2v) is 5.11. The van der Waals surface area contributed by atoms with Gasteiger partial charge in [-0.1, -0.05) is 37.6 Å². The van der Waals surface area contributed by atoms with Crippen molar-refractivity contribution in [2.45, 2.75) is 26.4 Å². The summed E-state index contributed by atoms with van der Waals surface area (Å²) in [5.41, 5.74) is 0.934. The van der Waals surface area contributed by atoms with Crippen LogP contribution in [0.4, 0.5) is 4.79 Å². The molecular weight excluding hydrogens is 252 g/mol. The molecule has 5 heteroatoms. The Morgan fingerprint density at radius 1 is 1.28 bits per heavy atom. The van der Waals surface area contributed by atoms with E-state index in [0.29, 0.717) is 11.6 Å². The molecule has 1 unspecified atom stereocenters. The van der Waals surface area contributed by atoms with Crippen LogP contribution in [0.1, 0.15) is 19.4 Å². The van der Waals surface area contributed by atoms with E-state index in [0.717, 1.165) is 5.56 Å². The summed E-state index contributed by atoms with van der Waals surface area (Å²) in [5, 5.41) is 4.15. The third kappa shape index (κ3) is 2.48. The summed E-state index contributed by atoms with van der Waals surface area (Å²) in [6.45, 7) is 4.20. The highest BCUT2D eigenvalue weighted by Crippen LogP contribution is 2.21. The van der Waals surface area contributed by atoms with Crippen molar-refractivity contribution < 1.29 is 9.59 Å². The number of urea groups is 1. The molecule has 0 N–H and O–H groups in total. The Morgan fingerprint density at radius 3 is 2.44 bits per heavy atom. The van der Waals surface area contributed by atoms with E-state index in [1.165, 1.54) is 4.90 Å². The van der Waals surface area contributed by atoms with E-state index in [1.54, 1.807) is 12.1 Å². The molecule has 95 valence electrons. The molecular formula is C13H14ClN2O2. The number of imide groups is 1. The fourth-order valence-corrected chi connectivity index (χ4v) is 2.20. The second kappa shape index (κ2) is 4.98. The zero-order valence-electron chi connectivity index (χ0n) is 10.3. The lowest BCUT2D eigenvalue weighted by Gasteiger charge is -2.24. The van der Waals surface area contributed by atoms with Crippen LogP contribution in [0, 0.1) is 5.92 Å². The molecule has 4 nitrogen and oxygen atoms in total. The van der Waals surface area contributed by atoms with Gasteiger partial charge in [-0.3, -0.25) is 4.79 Å². The van der Waals surface area contributed by atoms with Crippen LogP contribution >= 0.6 is 11.6 Å². The molecule has 0 saturated carbocycles. The highest BCUT2D eigenvalue weighted by Gasteiger charge is 2.41. The molecule has 0 aromatic heterocycles. The van der Waals surface area contributed by atoms with Gasteiger partial charge in [0.1, 0.15) is 6.04 Å². The Balaban J connectivity index is 2.18. The minimum absolute atomic E-state index is 0.0556. The molecule has 18 heavy (non-hydrogen) atoms. The number of carbonyl (C=O) groups is 2. The first kappa shape index (κ1) is 12.9. The predicted molar refractivity (Wildman–Crippen MR) is 68.2 cm³/mol.